The Morgan fingerprint density at radius 2 is 2.00 bits per heavy atom. The van der Waals surface area contributed by atoms with Gasteiger partial charge in [-0.1, -0.05) is 17.7 Å². The van der Waals surface area contributed by atoms with E-state index in [1.165, 1.54) is 47.1 Å². The summed E-state index contributed by atoms with van der Waals surface area (Å²) in [5.74, 6) is 0. The number of nitrogens with zero attached hydrogens (tertiary/aromatic N) is 1. The lowest BCUT2D eigenvalue weighted by Crippen LogP contribution is -3.00. The van der Waals surface area contributed by atoms with Gasteiger partial charge in [0.1, 0.15) is 0 Å². The summed E-state index contributed by atoms with van der Waals surface area (Å²) in [6, 6.07) is 6.79. The maximum atomic E-state index is 2.57. The molecule has 1 aromatic carbocycles. The number of rotatable bonds is 2. The largest absolute Gasteiger partial charge is 1.00 e. The first-order valence-corrected chi connectivity index (χ1v) is 6.90. The van der Waals surface area contributed by atoms with Crippen molar-refractivity contribution < 1.29 is 12.4 Å². The Hall–Kier alpha value is -0.570. The zero-order valence-electron chi connectivity index (χ0n) is 10.1. The van der Waals surface area contributed by atoms with Crippen LogP contribution < -0.4 is 12.4 Å². The van der Waals surface area contributed by atoms with Crippen LogP contribution in [0.15, 0.2) is 23.6 Å². The summed E-state index contributed by atoms with van der Waals surface area (Å²) in [5, 5.41) is 3.81. The fourth-order valence-electron chi connectivity index (χ4n) is 2.50. The van der Waals surface area contributed by atoms with Gasteiger partial charge in [-0.15, -0.1) is 11.3 Å². The van der Waals surface area contributed by atoms with Gasteiger partial charge in [-0.25, -0.2) is 0 Å². The molecule has 0 amide bonds. The number of thiophene rings is 1. The summed E-state index contributed by atoms with van der Waals surface area (Å²) in [6.45, 7) is 5.88. The quantitative estimate of drug-likeness (QED) is 0.778. The summed E-state index contributed by atoms with van der Waals surface area (Å²) in [7, 11) is 0. The minimum absolute atomic E-state index is 0. The van der Waals surface area contributed by atoms with Crippen molar-refractivity contribution in [3.05, 3.63) is 34.7 Å². The Bertz CT molecular complexity index is 500. The molecule has 0 spiro atoms. The highest BCUT2D eigenvalue weighted by molar-refractivity contribution is 7.17. The number of likely N-dealkylation sites (tertiary alicyclic amines) is 1. The second kappa shape index (κ2) is 5.38. The fourth-order valence-corrected chi connectivity index (χ4v) is 3.43. The molecule has 1 nitrogen and oxygen atoms in total. The maximum Gasteiger partial charge on any atom is 0.0346 e. The first kappa shape index (κ1) is 12.9. The number of aryl methyl sites for hydroxylation is 1. The van der Waals surface area contributed by atoms with Crippen molar-refractivity contribution in [2.75, 3.05) is 13.1 Å². The first-order chi connectivity index (χ1) is 7.83. The van der Waals surface area contributed by atoms with Gasteiger partial charge in [0.25, 0.3) is 0 Å². The van der Waals surface area contributed by atoms with Gasteiger partial charge in [-0.05, 0) is 55.3 Å². The van der Waals surface area contributed by atoms with Crippen LogP contribution in [0.2, 0.25) is 0 Å². The molecule has 3 rings (SSSR count). The summed E-state index contributed by atoms with van der Waals surface area (Å²) >= 11 is 1.88. The van der Waals surface area contributed by atoms with E-state index in [9.17, 15) is 0 Å². The van der Waals surface area contributed by atoms with E-state index in [0.29, 0.717) is 0 Å². The molecular weight excluding hydrogens is 250 g/mol. The summed E-state index contributed by atoms with van der Waals surface area (Å²) in [6.07, 6.45) is 2.75. The SMILES string of the molecule is Cc1ccc2scc(CN3CCCC3)c2c1.[Cl-]. The van der Waals surface area contributed by atoms with Crippen molar-refractivity contribution in [1.82, 2.24) is 4.90 Å². The van der Waals surface area contributed by atoms with Crippen LogP contribution in [0.1, 0.15) is 24.0 Å². The Kier molecular flexibility index (Phi) is 4.08. The van der Waals surface area contributed by atoms with Crippen molar-refractivity contribution in [2.24, 2.45) is 0 Å². The third-order valence-corrected chi connectivity index (χ3v) is 4.41. The van der Waals surface area contributed by atoms with Crippen LogP contribution in [0, 0.1) is 6.92 Å². The Morgan fingerprint density at radius 3 is 2.76 bits per heavy atom. The standard InChI is InChI=1S/C14H17NS.ClH/c1-11-4-5-14-13(8-11)12(10-16-14)9-15-6-2-3-7-15;/h4-5,8,10H,2-3,6-7,9H2,1H3;1H/p-1. The summed E-state index contributed by atoms with van der Waals surface area (Å²) in [5.41, 5.74) is 2.89. The van der Waals surface area contributed by atoms with E-state index in [2.05, 4.69) is 35.4 Å². The molecule has 3 heteroatoms. The molecule has 0 radical (unpaired) electrons. The molecule has 0 saturated carbocycles. The van der Waals surface area contributed by atoms with Crippen LogP contribution in [-0.4, -0.2) is 18.0 Å². The number of fused-ring (bicyclic) bond motifs is 1. The van der Waals surface area contributed by atoms with E-state index in [1.807, 2.05) is 11.3 Å². The molecule has 2 heterocycles. The van der Waals surface area contributed by atoms with Gasteiger partial charge in [0, 0.05) is 11.2 Å². The van der Waals surface area contributed by atoms with E-state index >= 15 is 0 Å². The highest BCUT2D eigenvalue weighted by atomic mass is 35.5. The molecule has 0 unspecified atom stereocenters. The number of hydrogen-bond donors (Lipinski definition) is 0. The minimum atomic E-state index is 0. The molecule has 1 saturated heterocycles. The van der Waals surface area contributed by atoms with E-state index in [0.717, 1.165) is 6.54 Å². The van der Waals surface area contributed by atoms with Gasteiger partial charge in [-0.3, -0.25) is 4.90 Å². The van der Waals surface area contributed by atoms with E-state index in [-0.39, 0.29) is 12.4 Å². The lowest BCUT2D eigenvalue weighted by atomic mass is 10.1. The lowest BCUT2D eigenvalue weighted by Gasteiger charge is -2.13. The number of benzene rings is 1. The van der Waals surface area contributed by atoms with Crippen molar-refractivity contribution in [1.29, 1.82) is 0 Å². The smallest absolute Gasteiger partial charge is 0.0346 e. The van der Waals surface area contributed by atoms with E-state index in [4.69, 9.17) is 0 Å². The van der Waals surface area contributed by atoms with E-state index in [1.54, 1.807) is 0 Å². The van der Waals surface area contributed by atoms with Gasteiger partial charge in [0.15, 0.2) is 0 Å². The third kappa shape index (κ3) is 2.65. The minimum Gasteiger partial charge on any atom is -1.00 e. The first-order valence-electron chi connectivity index (χ1n) is 6.02. The lowest BCUT2D eigenvalue weighted by molar-refractivity contribution is -0.00000321. The molecule has 17 heavy (non-hydrogen) atoms. The van der Waals surface area contributed by atoms with Crippen LogP contribution in [0.3, 0.4) is 0 Å². The normalized spacial score (nSPS) is 16.3. The monoisotopic (exact) mass is 266 g/mol. The molecule has 1 aliphatic rings. The zero-order chi connectivity index (χ0) is 11.0. The molecule has 0 aliphatic carbocycles. The maximum absolute atomic E-state index is 2.57. The van der Waals surface area contributed by atoms with Crippen molar-refractivity contribution in [2.45, 2.75) is 26.3 Å². The van der Waals surface area contributed by atoms with Gasteiger partial charge in [0.05, 0.1) is 0 Å². The van der Waals surface area contributed by atoms with Crippen LogP contribution in [0.25, 0.3) is 10.1 Å². The predicted octanol–water partition coefficient (Wildman–Crippen LogP) is 0.810. The van der Waals surface area contributed by atoms with Crippen molar-refractivity contribution in [3.8, 4) is 0 Å². The van der Waals surface area contributed by atoms with Crippen molar-refractivity contribution >= 4 is 21.4 Å². The molecule has 1 aliphatic heterocycles. The van der Waals surface area contributed by atoms with Crippen LogP contribution in [0.5, 0.6) is 0 Å². The molecular formula is C14H17ClNS-. The molecule has 2 aromatic rings. The fraction of sp³-hybridized carbons (Fsp3) is 0.429. The van der Waals surface area contributed by atoms with Crippen LogP contribution in [-0.2, 0) is 6.54 Å². The average Bonchev–Trinajstić information content (AvgIpc) is 2.90. The molecule has 0 bridgehead atoms. The van der Waals surface area contributed by atoms with Crippen LogP contribution >= 0.6 is 11.3 Å². The Morgan fingerprint density at radius 1 is 1.24 bits per heavy atom. The molecule has 0 atom stereocenters. The number of halogens is 1. The predicted molar refractivity (Wildman–Crippen MR) is 71.1 cm³/mol. The summed E-state index contributed by atoms with van der Waals surface area (Å²) in [4.78, 5) is 2.57. The van der Waals surface area contributed by atoms with E-state index < -0.39 is 0 Å². The van der Waals surface area contributed by atoms with Gasteiger partial charge < -0.3 is 12.4 Å². The second-order valence-corrected chi connectivity index (χ2v) is 5.66. The van der Waals surface area contributed by atoms with Gasteiger partial charge >= 0.3 is 0 Å². The molecule has 92 valence electrons. The zero-order valence-corrected chi connectivity index (χ0v) is 11.7. The topological polar surface area (TPSA) is 3.24 Å². The Labute approximate surface area is 113 Å². The highest BCUT2D eigenvalue weighted by Crippen LogP contribution is 2.28. The van der Waals surface area contributed by atoms with Crippen molar-refractivity contribution in [3.63, 3.8) is 0 Å². The summed E-state index contributed by atoms with van der Waals surface area (Å²) < 4.78 is 1.43. The second-order valence-electron chi connectivity index (χ2n) is 4.74. The molecule has 1 fully saturated rings. The van der Waals surface area contributed by atoms with Gasteiger partial charge in [0.2, 0.25) is 0 Å². The van der Waals surface area contributed by atoms with Gasteiger partial charge in [-0.2, -0.15) is 0 Å². The Balaban J connectivity index is 0.00000108. The third-order valence-electron chi connectivity index (χ3n) is 3.40. The van der Waals surface area contributed by atoms with Crippen LogP contribution in [0.4, 0.5) is 0 Å². The molecule has 0 N–H and O–H groups in total. The average molecular weight is 267 g/mol. The molecule has 1 aromatic heterocycles. The number of hydrogen-bond acceptors (Lipinski definition) is 2. The highest BCUT2D eigenvalue weighted by Gasteiger charge is 2.13.